The van der Waals surface area contributed by atoms with E-state index in [2.05, 4.69) is 6.07 Å². The number of nitriles is 1. The van der Waals surface area contributed by atoms with Crippen LogP contribution in [-0.4, -0.2) is 5.25 Å². The first kappa shape index (κ1) is 10.4. The molecule has 0 N–H and O–H groups in total. The number of rotatable bonds is 3. The van der Waals surface area contributed by atoms with Gasteiger partial charge in [-0.2, -0.15) is 5.26 Å². The molecule has 0 saturated carbocycles. The van der Waals surface area contributed by atoms with E-state index in [0.717, 1.165) is 16.3 Å². The minimum atomic E-state index is -0.0000926. The van der Waals surface area contributed by atoms with Crippen LogP contribution in [0.4, 0.5) is 0 Å². The Kier molecular flexibility index (Phi) is 4.14. The van der Waals surface area contributed by atoms with Crippen LogP contribution in [0.1, 0.15) is 13.3 Å². The third kappa shape index (κ3) is 2.95. The molecule has 0 spiro atoms. The minimum Gasteiger partial charge on any atom is -0.197 e. The number of halogens is 1. The lowest BCUT2D eigenvalue weighted by Crippen LogP contribution is -1.95. The fourth-order valence-electron chi connectivity index (χ4n) is 0.895. The molecule has 0 radical (unpaired) electrons. The molecule has 0 aliphatic rings. The van der Waals surface area contributed by atoms with Gasteiger partial charge in [0.1, 0.15) is 0 Å². The Balaban J connectivity index is 2.74. The summed E-state index contributed by atoms with van der Waals surface area (Å²) in [4.78, 5) is 0.984. The maximum atomic E-state index is 8.76. The molecule has 0 aliphatic heterocycles. The van der Waals surface area contributed by atoms with Crippen molar-refractivity contribution in [1.29, 1.82) is 5.26 Å². The third-order valence-corrected chi connectivity index (χ3v) is 3.40. The number of thioether (sulfide) groups is 1. The van der Waals surface area contributed by atoms with Crippen LogP contribution in [-0.2, 0) is 0 Å². The first-order valence-corrected chi connectivity index (χ1v) is 5.34. The van der Waals surface area contributed by atoms with Crippen molar-refractivity contribution in [3.05, 3.63) is 29.3 Å². The van der Waals surface area contributed by atoms with Gasteiger partial charge in [0, 0.05) is 4.90 Å². The molecule has 13 heavy (non-hydrogen) atoms. The van der Waals surface area contributed by atoms with Crippen molar-refractivity contribution < 1.29 is 0 Å². The summed E-state index contributed by atoms with van der Waals surface area (Å²) in [5.74, 6) is 0. The predicted octanol–water partition coefficient (Wildman–Crippen LogP) is 3.73. The van der Waals surface area contributed by atoms with Gasteiger partial charge in [0.05, 0.1) is 16.3 Å². The van der Waals surface area contributed by atoms with E-state index in [1.54, 1.807) is 0 Å². The van der Waals surface area contributed by atoms with E-state index in [1.165, 1.54) is 11.8 Å². The molecule has 68 valence electrons. The van der Waals surface area contributed by atoms with Crippen molar-refractivity contribution in [3.8, 4) is 6.07 Å². The predicted molar refractivity (Wildman–Crippen MR) is 57.0 cm³/mol. The van der Waals surface area contributed by atoms with Crippen LogP contribution < -0.4 is 0 Å². The second-order valence-corrected chi connectivity index (χ2v) is 4.23. The van der Waals surface area contributed by atoms with Crippen molar-refractivity contribution >= 4 is 23.4 Å². The number of benzene rings is 1. The highest BCUT2D eigenvalue weighted by Crippen LogP contribution is 2.30. The second kappa shape index (κ2) is 5.16. The van der Waals surface area contributed by atoms with E-state index in [-0.39, 0.29) is 5.25 Å². The highest BCUT2D eigenvalue weighted by Gasteiger charge is 2.08. The Morgan fingerprint density at radius 3 is 2.77 bits per heavy atom. The average Bonchev–Trinajstić information content (AvgIpc) is 2.17. The van der Waals surface area contributed by atoms with Crippen molar-refractivity contribution in [3.63, 3.8) is 0 Å². The quantitative estimate of drug-likeness (QED) is 0.712. The second-order valence-electron chi connectivity index (χ2n) is 2.57. The molecular weight excluding hydrogens is 202 g/mol. The summed E-state index contributed by atoms with van der Waals surface area (Å²) in [6.07, 6.45) is 0.840. The lowest BCUT2D eigenvalue weighted by molar-refractivity contribution is 0.985. The Morgan fingerprint density at radius 1 is 1.54 bits per heavy atom. The molecule has 0 fully saturated rings. The lowest BCUT2D eigenvalue weighted by Gasteiger charge is -2.06. The number of hydrogen-bond donors (Lipinski definition) is 0. The highest BCUT2D eigenvalue weighted by atomic mass is 35.5. The monoisotopic (exact) mass is 211 g/mol. The molecule has 1 atom stereocenters. The van der Waals surface area contributed by atoms with Crippen LogP contribution in [0.25, 0.3) is 0 Å². The van der Waals surface area contributed by atoms with Gasteiger partial charge in [0.15, 0.2) is 0 Å². The smallest absolute Gasteiger partial charge is 0.0961 e. The summed E-state index contributed by atoms with van der Waals surface area (Å²) in [6.45, 7) is 2.00. The Morgan fingerprint density at radius 2 is 2.23 bits per heavy atom. The van der Waals surface area contributed by atoms with Gasteiger partial charge in [0.2, 0.25) is 0 Å². The van der Waals surface area contributed by atoms with E-state index >= 15 is 0 Å². The molecule has 3 heteroatoms. The molecular formula is C10H10ClNS. The van der Waals surface area contributed by atoms with Crippen LogP contribution in [0, 0.1) is 11.3 Å². The largest absolute Gasteiger partial charge is 0.197 e. The van der Waals surface area contributed by atoms with Gasteiger partial charge in [-0.05, 0) is 18.6 Å². The zero-order chi connectivity index (χ0) is 9.68. The normalized spacial score (nSPS) is 12.1. The molecule has 0 bridgehead atoms. The van der Waals surface area contributed by atoms with Crippen molar-refractivity contribution in [2.45, 2.75) is 23.5 Å². The Bertz CT molecular complexity index is 319. The summed E-state index contributed by atoms with van der Waals surface area (Å²) in [7, 11) is 0. The van der Waals surface area contributed by atoms with Gasteiger partial charge in [-0.3, -0.25) is 0 Å². The average molecular weight is 212 g/mol. The van der Waals surface area contributed by atoms with Gasteiger partial charge in [-0.25, -0.2) is 0 Å². The molecule has 0 amide bonds. The molecule has 1 nitrogen and oxygen atoms in total. The molecule has 1 rings (SSSR count). The standard InChI is InChI=1S/C10H10ClNS/c1-2-8(7-12)13-10-6-4-3-5-9(10)11/h3-6,8H,2H2,1H3. The van der Waals surface area contributed by atoms with Crippen LogP contribution in [0.15, 0.2) is 29.2 Å². The van der Waals surface area contributed by atoms with Crippen molar-refractivity contribution in [1.82, 2.24) is 0 Å². The Labute approximate surface area is 87.7 Å². The van der Waals surface area contributed by atoms with E-state index in [9.17, 15) is 0 Å². The highest BCUT2D eigenvalue weighted by molar-refractivity contribution is 8.00. The van der Waals surface area contributed by atoms with Gasteiger partial charge in [0.25, 0.3) is 0 Å². The summed E-state index contributed by atoms with van der Waals surface area (Å²) in [5.41, 5.74) is 0. The summed E-state index contributed by atoms with van der Waals surface area (Å²) in [5, 5.41) is 9.49. The van der Waals surface area contributed by atoms with Crippen molar-refractivity contribution in [2.75, 3.05) is 0 Å². The minimum absolute atomic E-state index is 0.0000926. The summed E-state index contributed by atoms with van der Waals surface area (Å²) >= 11 is 7.47. The van der Waals surface area contributed by atoms with Gasteiger partial charge >= 0.3 is 0 Å². The van der Waals surface area contributed by atoms with E-state index < -0.39 is 0 Å². The third-order valence-electron chi connectivity index (χ3n) is 1.62. The summed E-state index contributed by atoms with van der Waals surface area (Å²) in [6, 6.07) is 9.83. The van der Waals surface area contributed by atoms with Crippen LogP contribution >= 0.6 is 23.4 Å². The van der Waals surface area contributed by atoms with E-state index in [0.29, 0.717) is 0 Å². The maximum Gasteiger partial charge on any atom is 0.0961 e. The van der Waals surface area contributed by atoms with Gasteiger partial charge < -0.3 is 0 Å². The SMILES string of the molecule is CCC(C#N)Sc1ccccc1Cl. The molecule has 1 unspecified atom stereocenters. The zero-order valence-electron chi connectivity index (χ0n) is 7.33. The van der Waals surface area contributed by atoms with E-state index in [4.69, 9.17) is 16.9 Å². The first-order valence-electron chi connectivity index (χ1n) is 4.08. The Hall–Kier alpha value is -0.650. The zero-order valence-corrected chi connectivity index (χ0v) is 8.90. The summed E-state index contributed by atoms with van der Waals surface area (Å²) < 4.78 is 0. The maximum absolute atomic E-state index is 8.76. The molecule has 0 aromatic heterocycles. The molecule has 0 saturated heterocycles. The fraction of sp³-hybridized carbons (Fsp3) is 0.300. The first-order chi connectivity index (χ1) is 6.27. The number of hydrogen-bond acceptors (Lipinski definition) is 2. The molecule has 1 aromatic rings. The fourth-order valence-corrected chi connectivity index (χ4v) is 2.03. The van der Waals surface area contributed by atoms with Gasteiger partial charge in [-0.1, -0.05) is 30.7 Å². The topological polar surface area (TPSA) is 23.8 Å². The lowest BCUT2D eigenvalue weighted by atomic mass is 10.4. The van der Waals surface area contributed by atoms with Crippen LogP contribution in [0.2, 0.25) is 5.02 Å². The molecule has 0 heterocycles. The molecule has 1 aromatic carbocycles. The van der Waals surface area contributed by atoms with Crippen LogP contribution in [0.3, 0.4) is 0 Å². The van der Waals surface area contributed by atoms with E-state index in [1.807, 2.05) is 31.2 Å². The number of nitrogens with zero attached hydrogens (tertiary/aromatic N) is 1. The molecule has 0 aliphatic carbocycles. The van der Waals surface area contributed by atoms with Crippen LogP contribution in [0.5, 0.6) is 0 Å². The van der Waals surface area contributed by atoms with Crippen molar-refractivity contribution in [2.24, 2.45) is 0 Å². The van der Waals surface area contributed by atoms with Gasteiger partial charge in [-0.15, -0.1) is 11.8 Å².